The monoisotopic (exact) mass is 283 g/mol. The average Bonchev–Trinajstić information content (AvgIpc) is 2.66. The summed E-state index contributed by atoms with van der Waals surface area (Å²) < 4.78 is 16.0. The van der Waals surface area contributed by atoms with Crippen LogP contribution in [0.4, 0.5) is 10.2 Å². The predicted molar refractivity (Wildman–Crippen MR) is 64.6 cm³/mol. The van der Waals surface area contributed by atoms with Crippen LogP contribution in [-0.2, 0) is 13.6 Å². The minimum absolute atomic E-state index is 0.216. The van der Waals surface area contributed by atoms with Crippen molar-refractivity contribution >= 4 is 21.7 Å². The summed E-state index contributed by atoms with van der Waals surface area (Å²) in [6.45, 7) is 0.419. The molecule has 3 nitrogen and oxygen atoms in total. The molecule has 1 aromatic carbocycles. The van der Waals surface area contributed by atoms with E-state index in [1.54, 1.807) is 16.8 Å². The maximum atomic E-state index is 13.4. The molecule has 0 atom stereocenters. The first-order chi connectivity index (χ1) is 7.65. The minimum Gasteiger partial charge on any atom is -0.364 e. The summed E-state index contributed by atoms with van der Waals surface area (Å²) in [5.74, 6) is 0.522. The first-order valence-corrected chi connectivity index (χ1v) is 5.62. The van der Waals surface area contributed by atoms with Gasteiger partial charge in [0.05, 0.1) is 0 Å². The van der Waals surface area contributed by atoms with E-state index in [1.165, 1.54) is 6.07 Å². The predicted octanol–water partition coefficient (Wildman–Crippen LogP) is 2.93. The Balaban J connectivity index is 2.07. The van der Waals surface area contributed by atoms with Gasteiger partial charge in [-0.05, 0) is 18.2 Å². The third-order valence-electron chi connectivity index (χ3n) is 2.18. The summed E-state index contributed by atoms with van der Waals surface area (Å²) in [5, 5.41) is 7.21. The molecule has 0 spiro atoms. The molecular formula is C11H11BrFN3. The fraction of sp³-hybridized carbons (Fsp3) is 0.182. The number of aryl methyl sites for hydroxylation is 1. The van der Waals surface area contributed by atoms with Crippen molar-refractivity contribution < 1.29 is 4.39 Å². The summed E-state index contributed by atoms with van der Waals surface area (Å²) >= 11 is 3.31. The van der Waals surface area contributed by atoms with Crippen molar-refractivity contribution in [2.45, 2.75) is 6.54 Å². The number of benzene rings is 1. The Morgan fingerprint density at radius 3 is 2.94 bits per heavy atom. The van der Waals surface area contributed by atoms with Gasteiger partial charge in [0.25, 0.3) is 0 Å². The number of hydrogen-bond acceptors (Lipinski definition) is 2. The molecule has 0 unspecified atom stereocenters. The van der Waals surface area contributed by atoms with Gasteiger partial charge in [-0.15, -0.1) is 0 Å². The third-order valence-corrected chi connectivity index (χ3v) is 2.67. The number of halogens is 2. The Kier molecular flexibility index (Phi) is 3.24. The molecule has 0 aliphatic carbocycles. The number of hydrogen-bond donors (Lipinski definition) is 1. The minimum atomic E-state index is -0.216. The summed E-state index contributed by atoms with van der Waals surface area (Å²) in [5.41, 5.74) is 0.611. The molecule has 0 saturated heterocycles. The second-order valence-corrected chi connectivity index (χ2v) is 4.38. The lowest BCUT2D eigenvalue weighted by Gasteiger charge is -2.05. The van der Waals surface area contributed by atoms with E-state index in [2.05, 4.69) is 26.3 Å². The van der Waals surface area contributed by atoms with E-state index in [0.29, 0.717) is 12.1 Å². The SMILES string of the molecule is Cn1ccc(NCc2cc(Br)ccc2F)n1. The van der Waals surface area contributed by atoms with Crippen LogP contribution in [-0.4, -0.2) is 9.78 Å². The van der Waals surface area contributed by atoms with Gasteiger partial charge in [0.15, 0.2) is 0 Å². The fourth-order valence-corrected chi connectivity index (χ4v) is 1.78. The largest absolute Gasteiger partial charge is 0.364 e. The zero-order chi connectivity index (χ0) is 11.5. The molecule has 16 heavy (non-hydrogen) atoms. The van der Waals surface area contributed by atoms with E-state index < -0.39 is 0 Å². The quantitative estimate of drug-likeness (QED) is 0.939. The highest BCUT2D eigenvalue weighted by Crippen LogP contribution is 2.16. The lowest BCUT2D eigenvalue weighted by atomic mass is 10.2. The highest BCUT2D eigenvalue weighted by atomic mass is 79.9. The second-order valence-electron chi connectivity index (χ2n) is 3.46. The molecule has 0 saturated carbocycles. The van der Waals surface area contributed by atoms with Gasteiger partial charge < -0.3 is 5.32 Å². The van der Waals surface area contributed by atoms with Crippen LogP contribution in [0.2, 0.25) is 0 Å². The van der Waals surface area contributed by atoms with Gasteiger partial charge in [0.2, 0.25) is 0 Å². The summed E-state index contributed by atoms with van der Waals surface area (Å²) in [4.78, 5) is 0. The summed E-state index contributed by atoms with van der Waals surface area (Å²) in [6.07, 6.45) is 1.83. The lowest BCUT2D eigenvalue weighted by Crippen LogP contribution is -2.02. The maximum Gasteiger partial charge on any atom is 0.148 e. The molecule has 1 heterocycles. The molecule has 0 amide bonds. The number of anilines is 1. The van der Waals surface area contributed by atoms with Crippen LogP contribution in [0.1, 0.15) is 5.56 Å². The molecule has 0 aliphatic heterocycles. The average molecular weight is 284 g/mol. The Morgan fingerprint density at radius 2 is 2.25 bits per heavy atom. The number of nitrogens with one attached hydrogen (secondary N) is 1. The second kappa shape index (κ2) is 4.65. The molecule has 2 aromatic rings. The maximum absolute atomic E-state index is 13.4. The van der Waals surface area contributed by atoms with Gasteiger partial charge in [-0.1, -0.05) is 15.9 Å². The first kappa shape index (κ1) is 11.1. The van der Waals surface area contributed by atoms with Crippen molar-refractivity contribution in [2.24, 2.45) is 7.05 Å². The van der Waals surface area contributed by atoms with Crippen LogP contribution in [0.3, 0.4) is 0 Å². The van der Waals surface area contributed by atoms with Gasteiger partial charge in [0.1, 0.15) is 11.6 Å². The van der Waals surface area contributed by atoms with E-state index in [0.717, 1.165) is 10.3 Å². The van der Waals surface area contributed by atoms with Crippen LogP contribution in [0.5, 0.6) is 0 Å². The standard InChI is InChI=1S/C11H11BrFN3/c1-16-5-4-11(15-16)14-7-8-6-9(12)2-3-10(8)13/h2-6H,7H2,1H3,(H,14,15). The Hall–Kier alpha value is -1.36. The van der Waals surface area contributed by atoms with E-state index in [4.69, 9.17) is 0 Å². The lowest BCUT2D eigenvalue weighted by molar-refractivity contribution is 0.612. The first-order valence-electron chi connectivity index (χ1n) is 4.82. The van der Waals surface area contributed by atoms with Crippen molar-refractivity contribution in [1.82, 2.24) is 9.78 Å². The van der Waals surface area contributed by atoms with Crippen LogP contribution in [0, 0.1) is 5.82 Å². The van der Waals surface area contributed by atoms with E-state index in [9.17, 15) is 4.39 Å². The third kappa shape index (κ3) is 2.61. The molecule has 2 rings (SSSR count). The van der Waals surface area contributed by atoms with Crippen LogP contribution in [0.15, 0.2) is 34.9 Å². The normalized spacial score (nSPS) is 10.4. The molecule has 84 valence electrons. The molecule has 5 heteroatoms. The van der Waals surface area contributed by atoms with Crippen molar-refractivity contribution in [3.63, 3.8) is 0 Å². The van der Waals surface area contributed by atoms with Crippen LogP contribution >= 0.6 is 15.9 Å². The van der Waals surface area contributed by atoms with Gasteiger partial charge in [-0.25, -0.2) is 4.39 Å². The molecular weight excluding hydrogens is 273 g/mol. The topological polar surface area (TPSA) is 29.9 Å². The van der Waals surface area contributed by atoms with Gasteiger partial charge in [0, 0.05) is 35.9 Å². The van der Waals surface area contributed by atoms with Crippen molar-refractivity contribution in [3.8, 4) is 0 Å². The number of nitrogens with zero attached hydrogens (tertiary/aromatic N) is 2. The van der Waals surface area contributed by atoms with Crippen LogP contribution < -0.4 is 5.32 Å². The van der Waals surface area contributed by atoms with Gasteiger partial charge in [-0.3, -0.25) is 4.68 Å². The Morgan fingerprint density at radius 1 is 1.44 bits per heavy atom. The van der Waals surface area contributed by atoms with Crippen molar-refractivity contribution in [3.05, 3.63) is 46.3 Å². The van der Waals surface area contributed by atoms with Crippen molar-refractivity contribution in [2.75, 3.05) is 5.32 Å². The number of rotatable bonds is 3. The smallest absolute Gasteiger partial charge is 0.148 e. The van der Waals surface area contributed by atoms with E-state index in [-0.39, 0.29) is 5.82 Å². The Labute approximate surface area is 101 Å². The number of aromatic nitrogens is 2. The van der Waals surface area contributed by atoms with E-state index in [1.807, 2.05) is 19.3 Å². The zero-order valence-electron chi connectivity index (χ0n) is 8.74. The molecule has 1 aromatic heterocycles. The van der Waals surface area contributed by atoms with E-state index >= 15 is 0 Å². The molecule has 0 aliphatic rings. The molecule has 0 fully saturated rings. The molecule has 1 N–H and O–H groups in total. The Bertz CT molecular complexity index is 496. The summed E-state index contributed by atoms with van der Waals surface area (Å²) in [7, 11) is 1.84. The highest BCUT2D eigenvalue weighted by molar-refractivity contribution is 9.10. The van der Waals surface area contributed by atoms with Crippen LogP contribution in [0.25, 0.3) is 0 Å². The highest BCUT2D eigenvalue weighted by Gasteiger charge is 2.03. The summed E-state index contributed by atoms with van der Waals surface area (Å²) in [6, 6.07) is 6.72. The van der Waals surface area contributed by atoms with Gasteiger partial charge in [-0.2, -0.15) is 5.10 Å². The molecule has 0 radical (unpaired) electrons. The zero-order valence-corrected chi connectivity index (χ0v) is 10.3. The fourth-order valence-electron chi connectivity index (χ4n) is 1.37. The molecule has 0 bridgehead atoms. The van der Waals surface area contributed by atoms with Crippen molar-refractivity contribution in [1.29, 1.82) is 0 Å². The van der Waals surface area contributed by atoms with Gasteiger partial charge >= 0.3 is 0 Å².